The third-order valence-corrected chi connectivity index (χ3v) is 3.40. The van der Waals surface area contributed by atoms with Gasteiger partial charge >= 0.3 is 6.03 Å². The highest BCUT2D eigenvalue weighted by Crippen LogP contribution is 2.27. The number of anilines is 2. The van der Waals surface area contributed by atoms with Crippen LogP contribution >= 0.6 is 0 Å². The zero-order chi connectivity index (χ0) is 18.5. The second kappa shape index (κ2) is 7.69. The molecule has 0 saturated carbocycles. The van der Waals surface area contributed by atoms with Crippen LogP contribution in [-0.2, 0) is 4.79 Å². The second-order valence-electron chi connectivity index (χ2n) is 8.35. The van der Waals surface area contributed by atoms with Crippen LogP contribution in [0.15, 0.2) is 24.3 Å². The van der Waals surface area contributed by atoms with Gasteiger partial charge in [-0.2, -0.15) is 0 Å². The summed E-state index contributed by atoms with van der Waals surface area (Å²) in [6.07, 6.45) is 0.810. The molecule has 3 amide bonds. The van der Waals surface area contributed by atoms with Gasteiger partial charge in [-0.3, -0.25) is 4.79 Å². The van der Waals surface area contributed by atoms with E-state index in [1.54, 1.807) is 18.2 Å². The highest BCUT2D eigenvalue weighted by molar-refractivity contribution is 5.96. The first-order valence-electron chi connectivity index (χ1n) is 8.40. The van der Waals surface area contributed by atoms with E-state index in [0.717, 1.165) is 6.42 Å². The molecule has 0 spiro atoms. The number of nitrogens with one attached hydrogen (secondary N) is 3. The number of benzene rings is 1. The Balaban J connectivity index is 2.75. The molecule has 0 radical (unpaired) electrons. The summed E-state index contributed by atoms with van der Waals surface area (Å²) in [5.74, 6) is 0.423. The van der Waals surface area contributed by atoms with Gasteiger partial charge in [-0.15, -0.1) is 0 Å². The Labute approximate surface area is 145 Å². The fourth-order valence-electron chi connectivity index (χ4n) is 2.59. The topological polar surface area (TPSA) is 70.2 Å². The number of carbonyl (C=O) groups is 2. The van der Waals surface area contributed by atoms with Gasteiger partial charge in [0.05, 0.1) is 0 Å². The van der Waals surface area contributed by atoms with Gasteiger partial charge in [0.25, 0.3) is 0 Å². The van der Waals surface area contributed by atoms with Crippen LogP contribution in [0.3, 0.4) is 0 Å². The third kappa shape index (κ3) is 7.02. The summed E-state index contributed by atoms with van der Waals surface area (Å²) in [5.41, 5.74) is 0.555. The molecular formula is C19H31N3O2. The first-order valence-corrected chi connectivity index (χ1v) is 8.40. The molecule has 0 unspecified atom stereocenters. The van der Waals surface area contributed by atoms with Crippen molar-refractivity contribution < 1.29 is 9.59 Å². The molecule has 0 atom stereocenters. The van der Waals surface area contributed by atoms with Crippen molar-refractivity contribution in [2.45, 2.75) is 60.4 Å². The molecule has 1 rings (SSSR count). The summed E-state index contributed by atoms with van der Waals surface area (Å²) in [4.78, 5) is 24.4. The van der Waals surface area contributed by atoms with Gasteiger partial charge in [-0.25, -0.2) is 4.79 Å². The molecule has 3 N–H and O–H groups in total. The predicted octanol–water partition coefficient (Wildman–Crippen LogP) is 4.62. The fraction of sp³-hybridized carbons (Fsp3) is 0.579. The molecule has 5 nitrogen and oxygen atoms in total. The fourth-order valence-corrected chi connectivity index (χ4v) is 2.59. The van der Waals surface area contributed by atoms with E-state index < -0.39 is 5.41 Å². The molecule has 0 fully saturated rings. The lowest BCUT2D eigenvalue weighted by molar-refractivity contribution is -0.124. The smallest absolute Gasteiger partial charge is 0.319 e. The van der Waals surface area contributed by atoms with Crippen LogP contribution in [0.1, 0.15) is 54.9 Å². The lowest BCUT2D eigenvalue weighted by atomic mass is 9.83. The quantitative estimate of drug-likeness (QED) is 0.736. The Kier molecular flexibility index (Phi) is 6.41. The van der Waals surface area contributed by atoms with Crippen LogP contribution in [0.25, 0.3) is 0 Å². The molecule has 0 aliphatic carbocycles. The minimum Gasteiger partial charge on any atom is -0.333 e. The monoisotopic (exact) mass is 333 g/mol. The van der Waals surface area contributed by atoms with Gasteiger partial charge in [-0.05, 0) is 51.3 Å². The molecule has 0 aliphatic rings. The normalized spacial score (nSPS) is 12.0. The van der Waals surface area contributed by atoms with Gasteiger partial charge in [0.15, 0.2) is 0 Å². The van der Waals surface area contributed by atoms with E-state index in [1.165, 1.54) is 0 Å². The van der Waals surface area contributed by atoms with Crippen LogP contribution in [0.2, 0.25) is 0 Å². The highest BCUT2D eigenvalue weighted by atomic mass is 16.2. The minimum absolute atomic E-state index is 0.0208. The Bertz CT molecular complexity index is 587. The van der Waals surface area contributed by atoms with E-state index in [0.29, 0.717) is 17.3 Å². The first-order chi connectivity index (χ1) is 10.9. The molecule has 0 aliphatic heterocycles. The van der Waals surface area contributed by atoms with Crippen LogP contribution in [0.5, 0.6) is 0 Å². The van der Waals surface area contributed by atoms with E-state index in [1.807, 2.05) is 40.7 Å². The highest BCUT2D eigenvalue weighted by Gasteiger charge is 2.28. The zero-order valence-electron chi connectivity index (χ0n) is 15.9. The predicted molar refractivity (Wildman–Crippen MR) is 100 cm³/mol. The van der Waals surface area contributed by atoms with Crippen LogP contribution in [0, 0.1) is 11.3 Å². The molecule has 0 heterocycles. The van der Waals surface area contributed by atoms with Crippen molar-refractivity contribution in [1.82, 2.24) is 5.32 Å². The molecule has 5 heteroatoms. The van der Waals surface area contributed by atoms with Crippen molar-refractivity contribution in [3.63, 3.8) is 0 Å². The number of urea groups is 1. The van der Waals surface area contributed by atoms with Gasteiger partial charge < -0.3 is 16.0 Å². The van der Waals surface area contributed by atoms with Gasteiger partial charge in [0.1, 0.15) is 0 Å². The summed E-state index contributed by atoms with van der Waals surface area (Å²) in [6.45, 7) is 13.9. The van der Waals surface area contributed by atoms with E-state index in [4.69, 9.17) is 0 Å². The maximum Gasteiger partial charge on any atom is 0.319 e. The van der Waals surface area contributed by atoms with E-state index in [2.05, 4.69) is 29.8 Å². The molecule has 0 saturated heterocycles. The second-order valence-corrected chi connectivity index (χ2v) is 8.35. The molecule has 24 heavy (non-hydrogen) atoms. The third-order valence-electron chi connectivity index (χ3n) is 3.40. The summed E-state index contributed by atoms with van der Waals surface area (Å²) < 4.78 is 0. The van der Waals surface area contributed by atoms with E-state index in [9.17, 15) is 9.59 Å². The SMILES string of the molecule is CC(C)CC(C)(C)C(=O)Nc1cccc(NC(=O)NC(C)(C)C)c1. The molecule has 134 valence electrons. The molecular weight excluding hydrogens is 302 g/mol. The lowest BCUT2D eigenvalue weighted by Crippen LogP contribution is -2.43. The van der Waals surface area contributed by atoms with E-state index >= 15 is 0 Å². The maximum absolute atomic E-state index is 12.5. The summed E-state index contributed by atoms with van der Waals surface area (Å²) in [6, 6.07) is 6.89. The number of hydrogen-bond donors (Lipinski definition) is 3. The number of carbonyl (C=O) groups excluding carboxylic acids is 2. The molecule has 1 aromatic rings. The van der Waals surface area contributed by atoms with Crippen molar-refractivity contribution in [2.24, 2.45) is 11.3 Å². The Morgan fingerprint density at radius 3 is 2.04 bits per heavy atom. The number of rotatable bonds is 5. The first kappa shape index (κ1) is 20.0. The summed E-state index contributed by atoms with van der Waals surface area (Å²) >= 11 is 0. The van der Waals surface area contributed by atoms with Gasteiger partial charge in [0, 0.05) is 22.3 Å². The number of amides is 3. The van der Waals surface area contributed by atoms with Crippen molar-refractivity contribution in [1.29, 1.82) is 0 Å². The standard InChI is InChI=1S/C19H31N3O2/c1-13(2)12-19(6,7)16(23)20-14-9-8-10-15(11-14)21-17(24)22-18(3,4)5/h8-11,13H,12H2,1-7H3,(H,20,23)(H2,21,22,24). The van der Waals surface area contributed by atoms with E-state index in [-0.39, 0.29) is 17.5 Å². The van der Waals surface area contributed by atoms with Crippen molar-refractivity contribution in [3.8, 4) is 0 Å². The molecule has 0 aromatic heterocycles. The summed E-state index contributed by atoms with van der Waals surface area (Å²) in [5, 5.41) is 8.56. The van der Waals surface area contributed by atoms with Crippen molar-refractivity contribution in [2.75, 3.05) is 10.6 Å². The summed E-state index contributed by atoms with van der Waals surface area (Å²) in [7, 11) is 0. The van der Waals surface area contributed by atoms with Crippen LogP contribution < -0.4 is 16.0 Å². The largest absolute Gasteiger partial charge is 0.333 e. The Hall–Kier alpha value is -2.04. The average molecular weight is 333 g/mol. The van der Waals surface area contributed by atoms with Gasteiger partial charge in [0.2, 0.25) is 5.91 Å². The average Bonchev–Trinajstić information content (AvgIpc) is 2.34. The minimum atomic E-state index is -0.443. The molecule has 0 bridgehead atoms. The van der Waals surface area contributed by atoms with Crippen molar-refractivity contribution >= 4 is 23.3 Å². The van der Waals surface area contributed by atoms with Gasteiger partial charge in [-0.1, -0.05) is 33.8 Å². The molecule has 1 aromatic carbocycles. The number of hydrogen-bond acceptors (Lipinski definition) is 2. The Morgan fingerprint density at radius 2 is 1.54 bits per heavy atom. The maximum atomic E-state index is 12.5. The lowest BCUT2D eigenvalue weighted by Gasteiger charge is -2.25. The van der Waals surface area contributed by atoms with Crippen LogP contribution in [0.4, 0.5) is 16.2 Å². The Morgan fingerprint density at radius 1 is 1.00 bits per heavy atom. The zero-order valence-corrected chi connectivity index (χ0v) is 15.9. The van der Waals surface area contributed by atoms with Crippen LogP contribution in [-0.4, -0.2) is 17.5 Å². The van der Waals surface area contributed by atoms with Crippen molar-refractivity contribution in [3.05, 3.63) is 24.3 Å².